The zero-order chi connectivity index (χ0) is 15.9. The van der Waals surface area contributed by atoms with E-state index in [0.717, 1.165) is 30.2 Å². The first-order chi connectivity index (χ1) is 10.6. The van der Waals surface area contributed by atoms with Crippen molar-refractivity contribution in [3.8, 4) is 0 Å². The van der Waals surface area contributed by atoms with Gasteiger partial charge >= 0.3 is 0 Å². The summed E-state index contributed by atoms with van der Waals surface area (Å²) in [4.78, 5) is 18.4. The molecular weight excluding hydrogens is 347 g/mol. The minimum absolute atomic E-state index is 0. The number of pyridine rings is 1. The molecule has 0 aliphatic rings. The summed E-state index contributed by atoms with van der Waals surface area (Å²) in [7, 11) is 3.83. The lowest BCUT2D eigenvalue weighted by Gasteiger charge is -2.11. The Morgan fingerprint density at radius 3 is 2.50 bits per heavy atom. The summed E-state index contributed by atoms with van der Waals surface area (Å²) in [5.41, 5.74) is 2.47. The Morgan fingerprint density at radius 2 is 1.92 bits per heavy atom. The van der Waals surface area contributed by atoms with Gasteiger partial charge in [0.15, 0.2) is 0 Å². The van der Waals surface area contributed by atoms with Gasteiger partial charge in [0.05, 0.1) is 5.56 Å². The molecule has 7 heteroatoms. The normalized spacial score (nSPS) is 9.46. The predicted molar refractivity (Wildman–Crippen MR) is 105 cm³/mol. The van der Waals surface area contributed by atoms with Crippen molar-refractivity contribution in [2.75, 3.05) is 30.9 Å². The predicted octanol–water partition coefficient (Wildman–Crippen LogP) is 3.35. The van der Waals surface area contributed by atoms with E-state index in [1.54, 1.807) is 12.3 Å². The Bertz CT molecular complexity index is 633. The molecule has 0 bridgehead atoms. The Hall–Kier alpha value is -1.82. The minimum Gasteiger partial charge on any atom is -0.363 e. The number of aromatic nitrogens is 1. The lowest BCUT2D eigenvalue weighted by atomic mass is 10.2. The van der Waals surface area contributed by atoms with Crippen molar-refractivity contribution < 1.29 is 4.79 Å². The molecule has 0 aliphatic heterocycles. The Balaban J connectivity index is 0.00000264. The Kier molecular flexibility index (Phi) is 10.0. The smallest absolute Gasteiger partial charge is 0.257 e. The maximum atomic E-state index is 12.2. The number of hydrogen-bond donors (Lipinski definition) is 2. The number of benzene rings is 1. The SMILES string of the molecule is CCNCc1cccc(NC(=O)c2ccc(N(C)C)nc2)c1.Cl.Cl. The molecule has 1 amide bonds. The second kappa shape index (κ2) is 10.9. The van der Waals surface area contributed by atoms with Gasteiger partial charge in [-0.25, -0.2) is 4.98 Å². The van der Waals surface area contributed by atoms with Crippen LogP contribution < -0.4 is 15.5 Å². The van der Waals surface area contributed by atoms with Crippen LogP contribution in [0.4, 0.5) is 11.5 Å². The molecule has 0 spiro atoms. The number of hydrogen-bond acceptors (Lipinski definition) is 4. The van der Waals surface area contributed by atoms with E-state index in [1.165, 1.54) is 0 Å². The molecule has 2 rings (SSSR count). The monoisotopic (exact) mass is 370 g/mol. The molecule has 0 fully saturated rings. The molecule has 2 aromatic rings. The fraction of sp³-hybridized carbons (Fsp3) is 0.294. The topological polar surface area (TPSA) is 57.3 Å². The van der Waals surface area contributed by atoms with Crippen molar-refractivity contribution >= 4 is 42.2 Å². The molecule has 1 aromatic carbocycles. The number of rotatable bonds is 6. The van der Waals surface area contributed by atoms with E-state index < -0.39 is 0 Å². The highest BCUT2D eigenvalue weighted by atomic mass is 35.5. The highest BCUT2D eigenvalue weighted by Crippen LogP contribution is 2.13. The summed E-state index contributed by atoms with van der Waals surface area (Å²) in [6, 6.07) is 11.4. The molecule has 0 radical (unpaired) electrons. The molecule has 0 saturated heterocycles. The third kappa shape index (κ3) is 6.35. The molecule has 2 N–H and O–H groups in total. The average Bonchev–Trinajstić information content (AvgIpc) is 2.53. The minimum atomic E-state index is -0.154. The number of halogens is 2. The Labute approximate surface area is 155 Å². The van der Waals surface area contributed by atoms with Crippen LogP contribution in [0.5, 0.6) is 0 Å². The highest BCUT2D eigenvalue weighted by molar-refractivity contribution is 6.04. The maximum absolute atomic E-state index is 12.2. The van der Waals surface area contributed by atoms with E-state index in [2.05, 4.69) is 22.5 Å². The third-order valence-corrected chi connectivity index (χ3v) is 3.23. The molecule has 5 nitrogen and oxygen atoms in total. The maximum Gasteiger partial charge on any atom is 0.257 e. The summed E-state index contributed by atoms with van der Waals surface area (Å²) in [5, 5.41) is 6.17. The lowest BCUT2D eigenvalue weighted by molar-refractivity contribution is 0.102. The van der Waals surface area contributed by atoms with Gasteiger partial charge in [0.2, 0.25) is 0 Å². The first-order valence-corrected chi connectivity index (χ1v) is 7.34. The van der Waals surface area contributed by atoms with E-state index in [4.69, 9.17) is 0 Å². The number of anilines is 2. The zero-order valence-electron chi connectivity index (χ0n) is 14.1. The second-order valence-electron chi connectivity index (χ2n) is 5.23. The number of nitrogens with one attached hydrogen (secondary N) is 2. The van der Waals surface area contributed by atoms with Gasteiger partial charge in [0, 0.05) is 32.5 Å². The van der Waals surface area contributed by atoms with Gasteiger partial charge in [-0.15, -0.1) is 24.8 Å². The van der Waals surface area contributed by atoms with E-state index in [-0.39, 0.29) is 30.7 Å². The molecule has 132 valence electrons. The standard InChI is InChI=1S/C17H22N4O.2ClH/c1-4-18-11-13-6-5-7-15(10-13)20-17(22)14-8-9-16(19-12-14)21(2)3;;/h5-10,12,18H,4,11H2,1-3H3,(H,20,22);2*1H. The fourth-order valence-electron chi connectivity index (χ4n) is 2.02. The summed E-state index contributed by atoms with van der Waals surface area (Å²) in [6.07, 6.45) is 1.59. The molecule has 0 atom stereocenters. The van der Waals surface area contributed by atoms with Crippen LogP contribution in [0.3, 0.4) is 0 Å². The molecule has 24 heavy (non-hydrogen) atoms. The summed E-state index contributed by atoms with van der Waals surface area (Å²) >= 11 is 0. The fourth-order valence-corrected chi connectivity index (χ4v) is 2.02. The largest absolute Gasteiger partial charge is 0.363 e. The van der Waals surface area contributed by atoms with Crippen LogP contribution >= 0.6 is 24.8 Å². The van der Waals surface area contributed by atoms with E-state index in [0.29, 0.717) is 5.56 Å². The van der Waals surface area contributed by atoms with Gasteiger partial charge in [0.1, 0.15) is 5.82 Å². The van der Waals surface area contributed by atoms with Crippen LogP contribution in [-0.2, 0) is 6.54 Å². The van der Waals surface area contributed by atoms with Crippen LogP contribution in [0, 0.1) is 0 Å². The van der Waals surface area contributed by atoms with Crippen LogP contribution in [-0.4, -0.2) is 31.5 Å². The van der Waals surface area contributed by atoms with Gasteiger partial charge in [-0.1, -0.05) is 19.1 Å². The zero-order valence-corrected chi connectivity index (χ0v) is 15.7. The number of carbonyl (C=O) groups is 1. The quantitative estimate of drug-likeness (QED) is 0.818. The molecule has 1 aromatic heterocycles. The molecular formula is C17H24Cl2N4O. The first-order valence-electron chi connectivity index (χ1n) is 7.34. The Morgan fingerprint density at radius 1 is 1.17 bits per heavy atom. The summed E-state index contributed by atoms with van der Waals surface area (Å²) < 4.78 is 0. The molecule has 0 saturated carbocycles. The van der Waals surface area contributed by atoms with Gasteiger partial charge in [-0.2, -0.15) is 0 Å². The van der Waals surface area contributed by atoms with Crippen molar-refractivity contribution in [1.82, 2.24) is 10.3 Å². The van der Waals surface area contributed by atoms with Crippen molar-refractivity contribution in [3.05, 3.63) is 53.7 Å². The van der Waals surface area contributed by atoms with Crippen molar-refractivity contribution in [3.63, 3.8) is 0 Å². The molecule has 0 unspecified atom stereocenters. The van der Waals surface area contributed by atoms with E-state index in [9.17, 15) is 4.79 Å². The summed E-state index contributed by atoms with van der Waals surface area (Å²) in [6.45, 7) is 3.77. The van der Waals surface area contributed by atoms with E-state index in [1.807, 2.05) is 49.3 Å². The first kappa shape index (κ1) is 22.2. The summed E-state index contributed by atoms with van der Waals surface area (Å²) in [5.74, 6) is 0.669. The van der Waals surface area contributed by atoms with Crippen LogP contribution in [0.2, 0.25) is 0 Å². The van der Waals surface area contributed by atoms with Gasteiger partial charge in [-0.3, -0.25) is 4.79 Å². The van der Waals surface area contributed by atoms with Crippen LogP contribution in [0.15, 0.2) is 42.6 Å². The second-order valence-corrected chi connectivity index (χ2v) is 5.23. The highest BCUT2D eigenvalue weighted by Gasteiger charge is 2.07. The van der Waals surface area contributed by atoms with Crippen molar-refractivity contribution in [2.24, 2.45) is 0 Å². The third-order valence-electron chi connectivity index (χ3n) is 3.23. The number of nitrogens with zero attached hydrogens (tertiary/aromatic N) is 2. The van der Waals surface area contributed by atoms with Crippen LogP contribution in [0.25, 0.3) is 0 Å². The van der Waals surface area contributed by atoms with Gasteiger partial charge in [0.25, 0.3) is 5.91 Å². The van der Waals surface area contributed by atoms with Crippen molar-refractivity contribution in [1.29, 1.82) is 0 Å². The molecule has 1 heterocycles. The lowest BCUT2D eigenvalue weighted by Crippen LogP contribution is -2.15. The van der Waals surface area contributed by atoms with Crippen molar-refractivity contribution in [2.45, 2.75) is 13.5 Å². The van der Waals surface area contributed by atoms with Crippen LogP contribution in [0.1, 0.15) is 22.8 Å². The average molecular weight is 371 g/mol. The number of carbonyl (C=O) groups excluding carboxylic acids is 1. The molecule has 0 aliphatic carbocycles. The van der Waals surface area contributed by atoms with Gasteiger partial charge in [-0.05, 0) is 36.4 Å². The van der Waals surface area contributed by atoms with Gasteiger partial charge < -0.3 is 15.5 Å². The van der Waals surface area contributed by atoms with E-state index >= 15 is 0 Å². The number of amides is 1.